The summed E-state index contributed by atoms with van der Waals surface area (Å²) in [5, 5.41) is 2.39. The Bertz CT molecular complexity index is 568. The second-order valence-corrected chi connectivity index (χ2v) is 7.01. The van der Waals surface area contributed by atoms with E-state index in [-0.39, 0.29) is 6.54 Å². The van der Waals surface area contributed by atoms with Crippen molar-refractivity contribution >= 4 is 17.7 Å². The number of halogens is 2. The molecule has 6 nitrogen and oxygen atoms in total. The lowest BCUT2D eigenvalue weighted by atomic mass is 9.93. The third kappa shape index (κ3) is 2.57. The van der Waals surface area contributed by atoms with E-state index in [1.165, 1.54) is 18.7 Å². The van der Waals surface area contributed by atoms with Crippen LogP contribution in [-0.2, 0) is 14.4 Å². The first-order chi connectivity index (χ1) is 10.7. The van der Waals surface area contributed by atoms with Gasteiger partial charge in [-0.2, -0.15) is 0 Å². The van der Waals surface area contributed by atoms with Crippen molar-refractivity contribution in [3.8, 4) is 0 Å². The van der Waals surface area contributed by atoms with Gasteiger partial charge in [-0.05, 0) is 25.7 Å². The topological polar surface area (TPSA) is 69.7 Å². The molecule has 0 aromatic rings. The molecule has 8 heteroatoms. The Labute approximate surface area is 133 Å². The van der Waals surface area contributed by atoms with E-state index < -0.39 is 48.2 Å². The van der Waals surface area contributed by atoms with Crippen LogP contribution >= 0.6 is 0 Å². The first-order valence-corrected chi connectivity index (χ1v) is 7.89. The molecular weight excluding hydrogens is 308 g/mol. The molecule has 2 aliphatic heterocycles. The van der Waals surface area contributed by atoms with E-state index in [1.807, 2.05) is 0 Å². The van der Waals surface area contributed by atoms with E-state index in [1.54, 1.807) is 0 Å². The van der Waals surface area contributed by atoms with Crippen molar-refractivity contribution in [2.45, 2.75) is 44.1 Å². The van der Waals surface area contributed by atoms with Crippen molar-refractivity contribution < 1.29 is 23.2 Å². The van der Waals surface area contributed by atoms with E-state index in [0.29, 0.717) is 12.5 Å². The molecule has 2 saturated heterocycles. The molecule has 0 aromatic heterocycles. The van der Waals surface area contributed by atoms with Crippen molar-refractivity contribution in [3.05, 3.63) is 0 Å². The molecule has 3 atom stereocenters. The fourth-order valence-electron chi connectivity index (χ4n) is 3.50. The highest BCUT2D eigenvalue weighted by Crippen LogP contribution is 2.46. The molecule has 1 N–H and O–H groups in total. The first kappa shape index (κ1) is 16.1. The molecular formula is C15H21F2N3O3. The van der Waals surface area contributed by atoms with Crippen LogP contribution in [0.15, 0.2) is 0 Å². The number of amides is 3. The van der Waals surface area contributed by atoms with E-state index >= 15 is 8.78 Å². The normalized spacial score (nSPS) is 34.5. The highest BCUT2D eigenvalue weighted by Gasteiger charge is 2.72. The number of hydrogen-bond donors (Lipinski definition) is 1. The molecule has 3 amide bonds. The minimum Gasteiger partial charge on any atom is -0.345 e. The van der Waals surface area contributed by atoms with Gasteiger partial charge in [0.1, 0.15) is 6.04 Å². The number of nitrogens with zero attached hydrogens (tertiary/aromatic N) is 2. The van der Waals surface area contributed by atoms with Crippen LogP contribution in [0.4, 0.5) is 8.78 Å². The fraction of sp³-hybridized carbons (Fsp3) is 0.800. The molecule has 2 heterocycles. The number of fused-ring (bicyclic) bond motifs is 1. The highest BCUT2D eigenvalue weighted by molar-refractivity contribution is 5.93. The van der Waals surface area contributed by atoms with Gasteiger partial charge in [-0.15, -0.1) is 0 Å². The fourth-order valence-corrected chi connectivity index (χ4v) is 3.50. The number of carbonyl (C=O) groups excluding carboxylic acids is 3. The predicted molar refractivity (Wildman–Crippen MR) is 76.8 cm³/mol. The molecule has 0 radical (unpaired) electrons. The van der Waals surface area contributed by atoms with Crippen molar-refractivity contribution in [2.24, 2.45) is 5.92 Å². The maximum atomic E-state index is 15.1. The largest absolute Gasteiger partial charge is 0.345 e. The Kier molecular flexibility index (Phi) is 3.61. The van der Waals surface area contributed by atoms with Crippen molar-refractivity contribution in [1.29, 1.82) is 0 Å². The SMILES string of the molecule is CC(=O)N[C@@H](C)C(=O)N1C[C@]2(F)CN(CC3CC3)C(=O)[C@]2(F)C1. The third-order valence-electron chi connectivity index (χ3n) is 4.91. The van der Waals surface area contributed by atoms with E-state index in [4.69, 9.17) is 0 Å². The first-order valence-electron chi connectivity index (χ1n) is 7.89. The quantitative estimate of drug-likeness (QED) is 0.791. The van der Waals surface area contributed by atoms with Gasteiger partial charge in [0.05, 0.1) is 19.6 Å². The lowest BCUT2D eigenvalue weighted by molar-refractivity contribution is -0.141. The Morgan fingerprint density at radius 1 is 1.30 bits per heavy atom. The summed E-state index contributed by atoms with van der Waals surface area (Å²) in [6.45, 7) is 1.75. The molecule has 3 fully saturated rings. The number of hydrogen-bond acceptors (Lipinski definition) is 3. The summed E-state index contributed by atoms with van der Waals surface area (Å²) in [6, 6.07) is -0.879. The average molecular weight is 329 g/mol. The summed E-state index contributed by atoms with van der Waals surface area (Å²) in [6.07, 6.45) is 1.97. The van der Waals surface area contributed by atoms with Crippen LogP contribution in [0.5, 0.6) is 0 Å². The zero-order valence-corrected chi connectivity index (χ0v) is 13.3. The molecule has 1 aliphatic carbocycles. The zero-order valence-electron chi connectivity index (χ0n) is 13.3. The average Bonchev–Trinajstić information content (AvgIpc) is 3.19. The van der Waals surface area contributed by atoms with Crippen LogP contribution in [0.3, 0.4) is 0 Å². The van der Waals surface area contributed by atoms with Gasteiger partial charge in [0.15, 0.2) is 5.67 Å². The molecule has 3 aliphatic rings. The summed E-state index contributed by atoms with van der Waals surface area (Å²) < 4.78 is 30.2. The van der Waals surface area contributed by atoms with E-state index in [0.717, 1.165) is 17.7 Å². The van der Waals surface area contributed by atoms with Crippen LogP contribution in [0.2, 0.25) is 0 Å². The zero-order chi connectivity index (χ0) is 17.0. The predicted octanol–water partition coefficient (Wildman–Crippen LogP) is 0.0220. The van der Waals surface area contributed by atoms with Crippen LogP contribution in [0, 0.1) is 5.92 Å². The lowest BCUT2D eigenvalue weighted by Crippen LogP contribution is -2.49. The minimum atomic E-state index is -2.67. The van der Waals surface area contributed by atoms with Gasteiger partial charge in [-0.3, -0.25) is 14.4 Å². The number of rotatable bonds is 4. The summed E-state index contributed by atoms with van der Waals surface area (Å²) in [5.41, 5.74) is -5.04. The third-order valence-corrected chi connectivity index (χ3v) is 4.91. The molecule has 0 aromatic carbocycles. The Hall–Kier alpha value is -1.73. The summed E-state index contributed by atoms with van der Waals surface area (Å²) >= 11 is 0. The molecule has 0 spiro atoms. The smallest absolute Gasteiger partial charge is 0.265 e. The molecule has 3 rings (SSSR count). The summed E-state index contributed by atoms with van der Waals surface area (Å²) in [5.74, 6) is -1.48. The lowest BCUT2D eigenvalue weighted by Gasteiger charge is -2.24. The molecule has 1 saturated carbocycles. The Morgan fingerprint density at radius 2 is 1.96 bits per heavy atom. The van der Waals surface area contributed by atoms with Gasteiger partial charge in [0.25, 0.3) is 5.91 Å². The molecule has 0 bridgehead atoms. The summed E-state index contributed by atoms with van der Waals surface area (Å²) in [7, 11) is 0. The van der Waals surface area contributed by atoms with Crippen LogP contribution in [0.25, 0.3) is 0 Å². The minimum absolute atomic E-state index is 0.308. The maximum absolute atomic E-state index is 15.1. The Morgan fingerprint density at radius 3 is 2.48 bits per heavy atom. The van der Waals surface area contributed by atoms with Crippen LogP contribution < -0.4 is 5.32 Å². The summed E-state index contributed by atoms with van der Waals surface area (Å²) in [4.78, 5) is 37.8. The Balaban J connectivity index is 1.71. The van der Waals surface area contributed by atoms with Crippen molar-refractivity contribution in [1.82, 2.24) is 15.1 Å². The number of alkyl halides is 2. The second kappa shape index (κ2) is 5.14. The maximum Gasteiger partial charge on any atom is 0.265 e. The number of nitrogens with one attached hydrogen (secondary N) is 1. The van der Waals surface area contributed by atoms with Gasteiger partial charge in [0.2, 0.25) is 17.5 Å². The standard InChI is InChI=1S/C15H21F2N3O3/c1-9(18-10(2)21)12(22)20-7-14(16)6-19(5-11-3-4-11)13(23)15(14,17)8-20/h9,11H,3-8H2,1-2H3,(H,18,21)/t9-,14+,15+/m0/s1. The van der Waals surface area contributed by atoms with E-state index in [2.05, 4.69) is 5.32 Å². The second-order valence-electron chi connectivity index (χ2n) is 7.01. The van der Waals surface area contributed by atoms with Gasteiger partial charge in [-0.1, -0.05) is 0 Å². The van der Waals surface area contributed by atoms with Gasteiger partial charge in [-0.25, -0.2) is 8.78 Å². The number of carbonyl (C=O) groups is 3. The molecule has 23 heavy (non-hydrogen) atoms. The van der Waals surface area contributed by atoms with Gasteiger partial charge >= 0.3 is 0 Å². The van der Waals surface area contributed by atoms with Crippen molar-refractivity contribution in [3.63, 3.8) is 0 Å². The van der Waals surface area contributed by atoms with Gasteiger partial charge < -0.3 is 15.1 Å². The highest BCUT2D eigenvalue weighted by atomic mass is 19.2. The number of likely N-dealkylation sites (tertiary alicyclic amines) is 2. The molecule has 128 valence electrons. The van der Waals surface area contributed by atoms with Crippen LogP contribution in [0.1, 0.15) is 26.7 Å². The molecule has 0 unspecified atom stereocenters. The van der Waals surface area contributed by atoms with E-state index in [9.17, 15) is 14.4 Å². The van der Waals surface area contributed by atoms with Crippen molar-refractivity contribution in [2.75, 3.05) is 26.2 Å². The van der Waals surface area contributed by atoms with Gasteiger partial charge in [0, 0.05) is 13.5 Å². The monoisotopic (exact) mass is 329 g/mol. The van der Waals surface area contributed by atoms with Crippen LogP contribution in [-0.4, -0.2) is 71.1 Å².